The predicted molar refractivity (Wildman–Crippen MR) is 178 cm³/mol. The molecule has 6 heteroatoms. The molecule has 0 bridgehead atoms. The zero-order valence-corrected chi connectivity index (χ0v) is 28.0. The van der Waals surface area contributed by atoms with Crippen molar-refractivity contribution in [2.75, 3.05) is 40.4 Å². The third kappa shape index (κ3) is 5.06. The number of allylic oxidation sites excluding steroid dienone is 10. The Kier molecular flexibility index (Phi) is 8.26. The zero-order chi connectivity index (χ0) is 31.3. The normalized spacial score (nSPS) is 20.8. The highest BCUT2D eigenvalue weighted by Crippen LogP contribution is 2.53. The van der Waals surface area contributed by atoms with Crippen molar-refractivity contribution in [2.45, 2.75) is 64.7 Å². The fourth-order valence-corrected chi connectivity index (χ4v) is 7.39. The Morgan fingerprint density at radius 2 is 1.40 bits per heavy atom. The van der Waals surface area contributed by atoms with Crippen molar-refractivity contribution in [3.8, 4) is 23.0 Å². The molecule has 0 unspecified atom stereocenters. The molecule has 43 heavy (non-hydrogen) atoms. The van der Waals surface area contributed by atoms with E-state index in [2.05, 4.69) is 83.0 Å². The van der Waals surface area contributed by atoms with Gasteiger partial charge in [-0.2, -0.15) is 0 Å². The number of likely N-dealkylation sites (N-methyl/N-ethyl adjacent to an activating group) is 1. The molecule has 5 nitrogen and oxygen atoms in total. The van der Waals surface area contributed by atoms with E-state index in [1.165, 1.54) is 33.5 Å². The summed E-state index contributed by atoms with van der Waals surface area (Å²) < 4.78 is 22.7. The summed E-state index contributed by atoms with van der Waals surface area (Å²) in [6.45, 7) is 11.2. The van der Waals surface area contributed by atoms with E-state index in [0.29, 0.717) is 0 Å². The molecule has 5 rings (SSSR count). The molecule has 3 aliphatic rings. The molecule has 0 N–H and O–H groups in total. The Labute approximate surface area is 262 Å². The minimum Gasteiger partial charge on any atom is -0.497 e. The molecule has 0 saturated carbocycles. The number of methoxy groups -OCH3 is 4. The lowest BCUT2D eigenvalue weighted by Gasteiger charge is -2.25. The second-order valence-electron chi connectivity index (χ2n) is 12.6. The molecule has 2 aromatic rings. The maximum absolute atomic E-state index is 7.12. The molecule has 0 amide bonds. The Balaban J connectivity index is 1.49. The van der Waals surface area contributed by atoms with Gasteiger partial charge in [0.05, 0.1) is 34.1 Å². The van der Waals surface area contributed by atoms with Crippen molar-refractivity contribution in [3.05, 3.63) is 92.7 Å². The van der Waals surface area contributed by atoms with Gasteiger partial charge in [0.25, 0.3) is 0 Å². The number of nitrogens with zero attached hydrogens (tertiary/aromatic N) is 1. The van der Waals surface area contributed by atoms with Crippen LogP contribution >= 0.6 is 11.6 Å². The lowest BCUT2D eigenvalue weighted by atomic mass is 9.80. The molecule has 0 radical (unpaired) electrons. The van der Waals surface area contributed by atoms with Gasteiger partial charge < -0.3 is 23.8 Å². The van der Waals surface area contributed by atoms with Crippen molar-refractivity contribution in [3.63, 3.8) is 0 Å². The van der Waals surface area contributed by atoms with E-state index in [0.717, 1.165) is 64.1 Å². The molecule has 0 fully saturated rings. The van der Waals surface area contributed by atoms with E-state index in [9.17, 15) is 0 Å². The smallest absolute Gasteiger partial charge is 0.146 e. The largest absolute Gasteiger partial charge is 0.497 e. The van der Waals surface area contributed by atoms with Gasteiger partial charge in [-0.15, -0.1) is 0 Å². The number of hydrogen-bond acceptors (Lipinski definition) is 5. The number of rotatable bonds is 7. The van der Waals surface area contributed by atoms with E-state index >= 15 is 0 Å². The summed E-state index contributed by atoms with van der Waals surface area (Å²) in [5.41, 5.74) is 10.2. The first-order chi connectivity index (χ1) is 20.4. The molecule has 1 aliphatic heterocycles. The number of ether oxygens (including phenoxy) is 4. The van der Waals surface area contributed by atoms with Crippen LogP contribution in [0.3, 0.4) is 0 Å². The molecular formula is C37H44ClNO4. The lowest BCUT2D eigenvalue weighted by molar-refractivity contribution is 0.391. The van der Waals surface area contributed by atoms with Crippen LogP contribution in [0.1, 0.15) is 70.6 Å². The van der Waals surface area contributed by atoms with Crippen LogP contribution in [0.4, 0.5) is 5.69 Å². The summed E-state index contributed by atoms with van der Waals surface area (Å²) in [7, 11) is 8.91. The third-order valence-electron chi connectivity index (χ3n) is 9.52. The molecule has 0 aromatic heterocycles. The molecule has 228 valence electrons. The zero-order valence-electron chi connectivity index (χ0n) is 27.2. The first kappa shape index (κ1) is 30.9. The van der Waals surface area contributed by atoms with E-state index in [1.54, 1.807) is 28.4 Å². The van der Waals surface area contributed by atoms with Crippen LogP contribution in [-0.2, 0) is 10.8 Å². The minimum absolute atomic E-state index is 0.195. The standard InChI is InChI=1S/C37H44ClNO4/c1-22-27(36(2,3)28-18-25(40-7)20-30(42-9)33(22)28)16-14-23-12-11-13-24(34(23)38)15-17-32-37(4,5)29-19-26(41-8)21-31(43-10)35(29)39(32)6/h14-21H,11-13H2,1-10H3/b16-14+,24-15+,32-17-. The SMILES string of the molecule is COc1cc(OC)c2c(c1)C(C)(C)C(/C=C/C1=C(Cl)C(=C/C=C3\N(C)c4c(OC)cc(OC)cc4C3(C)C)/CCC1)=C2C. The summed E-state index contributed by atoms with van der Waals surface area (Å²) in [5.74, 6) is 3.25. The van der Waals surface area contributed by atoms with Gasteiger partial charge in [-0.1, -0.05) is 57.5 Å². The average Bonchev–Trinajstić information content (AvgIpc) is 3.31. The summed E-state index contributed by atoms with van der Waals surface area (Å²) in [4.78, 5) is 2.23. The van der Waals surface area contributed by atoms with E-state index in [-0.39, 0.29) is 10.8 Å². The quantitative estimate of drug-likeness (QED) is 0.316. The van der Waals surface area contributed by atoms with Crippen LogP contribution in [0.2, 0.25) is 0 Å². The maximum atomic E-state index is 7.12. The van der Waals surface area contributed by atoms with Gasteiger partial charge in [0.15, 0.2) is 0 Å². The molecule has 1 heterocycles. The fraction of sp³-hybridized carbons (Fsp3) is 0.405. The second-order valence-corrected chi connectivity index (χ2v) is 13.0. The van der Waals surface area contributed by atoms with Crippen molar-refractivity contribution in [1.29, 1.82) is 0 Å². The van der Waals surface area contributed by atoms with Crippen LogP contribution in [0.5, 0.6) is 23.0 Å². The second kappa shape index (κ2) is 11.5. The first-order valence-corrected chi connectivity index (χ1v) is 15.2. The minimum atomic E-state index is -0.229. The summed E-state index contributed by atoms with van der Waals surface area (Å²) in [5, 5.41) is 0.848. The van der Waals surface area contributed by atoms with Crippen LogP contribution < -0.4 is 23.8 Å². The Hall–Kier alpha value is -3.57. The van der Waals surface area contributed by atoms with Crippen LogP contribution in [0.25, 0.3) is 5.57 Å². The van der Waals surface area contributed by atoms with Crippen molar-refractivity contribution >= 4 is 22.9 Å². The highest BCUT2D eigenvalue weighted by Gasteiger charge is 2.41. The van der Waals surface area contributed by atoms with Gasteiger partial charge in [0, 0.05) is 46.3 Å². The third-order valence-corrected chi connectivity index (χ3v) is 10.0. The van der Waals surface area contributed by atoms with Gasteiger partial charge in [-0.3, -0.25) is 0 Å². The molecule has 0 saturated heterocycles. The Morgan fingerprint density at radius 1 is 0.767 bits per heavy atom. The van der Waals surface area contributed by atoms with Gasteiger partial charge in [0.2, 0.25) is 0 Å². The fourth-order valence-electron chi connectivity index (χ4n) is 7.08. The number of fused-ring (bicyclic) bond motifs is 2. The number of anilines is 1. The molecule has 0 atom stereocenters. The Bertz CT molecular complexity index is 1620. The van der Waals surface area contributed by atoms with Gasteiger partial charge in [0.1, 0.15) is 23.0 Å². The van der Waals surface area contributed by atoms with Crippen LogP contribution in [0.15, 0.2) is 76.0 Å². The van der Waals surface area contributed by atoms with E-state index in [4.69, 9.17) is 30.5 Å². The van der Waals surface area contributed by atoms with Crippen molar-refractivity contribution < 1.29 is 18.9 Å². The van der Waals surface area contributed by atoms with Gasteiger partial charge in [-0.25, -0.2) is 0 Å². The number of halogens is 1. The van der Waals surface area contributed by atoms with Crippen LogP contribution in [-0.4, -0.2) is 35.5 Å². The highest BCUT2D eigenvalue weighted by molar-refractivity contribution is 6.32. The Morgan fingerprint density at radius 3 is 2.02 bits per heavy atom. The molecular weight excluding hydrogens is 558 g/mol. The maximum Gasteiger partial charge on any atom is 0.146 e. The average molecular weight is 602 g/mol. The van der Waals surface area contributed by atoms with E-state index in [1.807, 2.05) is 12.1 Å². The summed E-state index contributed by atoms with van der Waals surface area (Å²) >= 11 is 7.12. The van der Waals surface area contributed by atoms with Crippen molar-refractivity contribution in [1.82, 2.24) is 0 Å². The topological polar surface area (TPSA) is 40.2 Å². The van der Waals surface area contributed by atoms with Gasteiger partial charge in [-0.05, 0) is 77.8 Å². The summed E-state index contributed by atoms with van der Waals surface area (Å²) in [6, 6.07) is 8.16. The lowest BCUT2D eigenvalue weighted by Crippen LogP contribution is -2.22. The monoisotopic (exact) mass is 601 g/mol. The molecule has 2 aromatic carbocycles. The summed E-state index contributed by atoms with van der Waals surface area (Å²) in [6.07, 6.45) is 11.9. The highest BCUT2D eigenvalue weighted by atomic mass is 35.5. The molecule has 2 aliphatic carbocycles. The number of hydrogen-bond donors (Lipinski definition) is 0. The van der Waals surface area contributed by atoms with Crippen molar-refractivity contribution in [2.24, 2.45) is 0 Å². The first-order valence-electron chi connectivity index (χ1n) is 14.9. The van der Waals surface area contributed by atoms with E-state index < -0.39 is 0 Å². The van der Waals surface area contributed by atoms with Gasteiger partial charge >= 0.3 is 0 Å². The number of benzene rings is 2. The predicted octanol–water partition coefficient (Wildman–Crippen LogP) is 9.26. The molecule has 0 spiro atoms. The van der Waals surface area contributed by atoms with Crippen LogP contribution in [0, 0.1) is 0 Å².